The third-order valence-electron chi connectivity index (χ3n) is 2.18. The molecule has 0 saturated carbocycles. The smallest absolute Gasteiger partial charge is 0.190 e. The molecule has 0 fully saturated rings. The second-order valence-electron chi connectivity index (χ2n) is 3.77. The van der Waals surface area contributed by atoms with Gasteiger partial charge in [0.25, 0.3) is 0 Å². The largest absolute Gasteiger partial charge is 0.292 e. The van der Waals surface area contributed by atoms with Crippen LogP contribution in [0.5, 0.6) is 0 Å². The number of ketones is 1. The van der Waals surface area contributed by atoms with Crippen LogP contribution in [0.2, 0.25) is 0 Å². The molecule has 0 bridgehead atoms. The Hall–Kier alpha value is -1.56. The molecule has 0 radical (unpaired) electrons. The molecular weight excluding hydrogens is 224 g/mol. The van der Waals surface area contributed by atoms with E-state index in [4.69, 9.17) is 0 Å². The van der Waals surface area contributed by atoms with Gasteiger partial charge in [0.2, 0.25) is 0 Å². The van der Waals surface area contributed by atoms with E-state index in [0.29, 0.717) is 11.7 Å². The first kappa shape index (κ1) is 10.9. The Morgan fingerprint density at radius 2 is 2.38 bits per heavy atom. The van der Waals surface area contributed by atoms with Gasteiger partial charge in [-0.05, 0) is 31.4 Å². The molecule has 16 heavy (non-hydrogen) atoms. The lowest BCUT2D eigenvalue weighted by molar-refractivity contribution is 0.0987. The van der Waals surface area contributed by atoms with Crippen LogP contribution in [-0.4, -0.2) is 25.2 Å². The third-order valence-corrected chi connectivity index (χ3v) is 2.68. The van der Waals surface area contributed by atoms with Gasteiger partial charge in [-0.25, -0.2) is 0 Å². The summed E-state index contributed by atoms with van der Waals surface area (Å²) in [7, 11) is 0. The van der Waals surface area contributed by atoms with Gasteiger partial charge in [-0.2, -0.15) is 5.10 Å². The van der Waals surface area contributed by atoms with Crippen molar-refractivity contribution in [3.63, 3.8) is 0 Å². The van der Waals surface area contributed by atoms with Gasteiger partial charge in [-0.1, -0.05) is 4.49 Å². The molecule has 84 valence electrons. The minimum atomic E-state index is -0.0391. The van der Waals surface area contributed by atoms with Crippen molar-refractivity contribution in [2.24, 2.45) is 0 Å². The average molecular weight is 236 g/mol. The van der Waals surface area contributed by atoms with E-state index in [9.17, 15) is 4.79 Å². The average Bonchev–Trinajstić information content (AvgIpc) is 2.87. The zero-order chi connectivity index (χ0) is 11.5. The van der Waals surface area contributed by atoms with Gasteiger partial charge >= 0.3 is 0 Å². The molecule has 2 aromatic heterocycles. The number of hydrogen-bond acceptors (Lipinski definition) is 5. The molecule has 0 amide bonds. The highest BCUT2D eigenvalue weighted by Crippen LogP contribution is 2.07. The molecule has 0 aromatic carbocycles. The Kier molecular flexibility index (Phi) is 3.09. The predicted octanol–water partition coefficient (Wildman–Crippen LogP) is 1.74. The standard InChI is InChI=1S/C10H12N4OS/c1-7(2)14-4-3-8(12-14)5-10(15)9-6-16-13-11-9/h3-4,6-7H,5H2,1-2H3. The van der Waals surface area contributed by atoms with Crippen LogP contribution in [-0.2, 0) is 6.42 Å². The Morgan fingerprint density at radius 1 is 1.56 bits per heavy atom. The molecular formula is C10H12N4OS. The van der Waals surface area contributed by atoms with Crippen LogP contribution in [0, 0.1) is 0 Å². The molecule has 0 atom stereocenters. The first-order chi connectivity index (χ1) is 7.66. The summed E-state index contributed by atoms with van der Waals surface area (Å²) in [5.74, 6) is -0.0391. The van der Waals surface area contributed by atoms with Crippen LogP contribution < -0.4 is 0 Å². The molecule has 0 spiro atoms. The molecule has 6 heteroatoms. The van der Waals surface area contributed by atoms with Crippen molar-refractivity contribution in [1.29, 1.82) is 0 Å². The van der Waals surface area contributed by atoms with Gasteiger partial charge in [0.15, 0.2) is 5.78 Å². The molecule has 2 rings (SSSR count). The lowest BCUT2D eigenvalue weighted by Gasteiger charge is -2.03. The van der Waals surface area contributed by atoms with Gasteiger partial charge in [-0.15, -0.1) is 5.10 Å². The van der Waals surface area contributed by atoms with Crippen molar-refractivity contribution in [3.05, 3.63) is 29.0 Å². The van der Waals surface area contributed by atoms with E-state index in [-0.39, 0.29) is 12.2 Å². The summed E-state index contributed by atoms with van der Waals surface area (Å²) >= 11 is 1.18. The van der Waals surface area contributed by atoms with E-state index >= 15 is 0 Å². The second kappa shape index (κ2) is 4.52. The number of hydrogen-bond donors (Lipinski definition) is 0. The molecule has 2 heterocycles. The van der Waals surface area contributed by atoms with Crippen LogP contribution in [0.25, 0.3) is 0 Å². The first-order valence-electron chi connectivity index (χ1n) is 5.01. The number of Topliss-reactive ketones (excluding diaryl/α,β-unsaturated/α-hetero) is 1. The maximum atomic E-state index is 11.7. The van der Waals surface area contributed by atoms with E-state index in [1.807, 2.05) is 30.8 Å². The van der Waals surface area contributed by atoms with Gasteiger partial charge in [0.1, 0.15) is 5.69 Å². The summed E-state index contributed by atoms with van der Waals surface area (Å²) in [6.07, 6.45) is 2.16. The fourth-order valence-corrected chi connectivity index (χ4v) is 1.76. The fraction of sp³-hybridized carbons (Fsp3) is 0.400. The van der Waals surface area contributed by atoms with Crippen molar-refractivity contribution < 1.29 is 4.79 Å². The number of carbonyl (C=O) groups excluding carboxylic acids is 1. The van der Waals surface area contributed by atoms with E-state index in [1.165, 1.54) is 11.5 Å². The van der Waals surface area contributed by atoms with Crippen LogP contribution >= 0.6 is 11.5 Å². The zero-order valence-corrected chi connectivity index (χ0v) is 9.94. The Morgan fingerprint density at radius 3 is 2.94 bits per heavy atom. The van der Waals surface area contributed by atoms with Crippen LogP contribution in [0.4, 0.5) is 0 Å². The van der Waals surface area contributed by atoms with Crippen molar-refractivity contribution in [3.8, 4) is 0 Å². The Balaban J connectivity index is 2.07. The fourth-order valence-electron chi connectivity index (χ4n) is 1.30. The lowest BCUT2D eigenvalue weighted by atomic mass is 10.2. The first-order valence-corrected chi connectivity index (χ1v) is 5.85. The van der Waals surface area contributed by atoms with Crippen molar-refractivity contribution >= 4 is 17.3 Å². The maximum Gasteiger partial charge on any atom is 0.190 e. The minimum Gasteiger partial charge on any atom is -0.292 e. The molecule has 0 aliphatic heterocycles. The van der Waals surface area contributed by atoms with E-state index < -0.39 is 0 Å². The maximum absolute atomic E-state index is 11.7. The Bertz CT molecular complexity index is 475. The number of nitrogens with zero attached hydrogens (tertiary/aromatic N) is 4. The van der Waals surface area contributed by atoms with Crippen LogP contribution in [0.3, 0.4) is 0 Å². The Labute approximate surface area is 97.3 Å². The molecule has 0 saturated heterocycles. The third kappa shape index (κ3) is 2.33. The van der Waals surface area contributed by atoms with Crippen LogP contribution in [0.1, 0.15) is 36.1 Å². The number of rotatable bonds is 4. The van der Waals surface area contributed by atoms with Crippen LogP contribution in [0.15, 0.2) is 17.6 Å². The zero-order valence-electron chi connectivity index (χ0n) is 9.12. The van der Waals surface area contributed by atoms with E-state index in [2.05, 4.69) is 14.7 Å². The number of aromatic nitrogens is 4. The summed E-state index contributed by atoms with van der Waals surface area (Å²) < 4.78 is 5.50. The van der Waals surface area contributed by atoms with Crippen molar-refractivity contribution in [2.75, 3.05) is 0 Å². The van der Waals surface area contributed by atoms with E-state index in [0.717, 1.165) is 5.69 Å². The summed E-state index contributed by atoms with van der Waals surface area (Å²) in [4.78, 5) is 11.7. The molecule has 0 aliphatic carbocycles. The molecule has 0 unspecified atom stereocenters. The normalized spacial score (nSPS) is 10.9. The predicted molar refractivity (Wildman–Crippen MR) is 60.6 cm³/mol. The van der Waals surface area contributed by atoms with E-state index in [1.54, 1.807) is 5.38 Å². The quantitative estimate of drug-likeness (QED) is 0.759. The molecule has 0 aliphatic rings. The summed E-state index contributed by atoms with van der Waals surface area (Å²) in [6.45, 7) is 4.09. The van der Waals surface area contributed by atoms with Crippen molar-refractivity contribution in [1.82, 2.24) is 19.4 Å². The molecule has 5 nitrogen and oxygen atoms in total. The summed E-state index contributed by atoms with van der Waals surface area (Å²) in [5.41, 5.74) is 1.19. The highest BCUT2D eigenvalue weighted by atomic mass is 32.1. The van der Waals surface area contributed by atoms with Gasteiger partial charge < -0.3 is 0 Å². The van der Waals surface area contributed by atoms with Gasteiger partial charge in [-0.3, -0.25) is 9.48 Å². The summed E-state index contributed by atoms with van der Waals surface area (Å²) in [5, 5.41) is 9.70. The van der Waals surface area contributed by atoms with Gasteiger partial charge in [0.05, 0.1) is 12.1 Å². The second-order valence-corrected chi connectivity index (χ2v) is 4.38. The highest BCUT2D eigenvalue weighted by Gasteiger charge is 2.12. The molecule has 0 N–H and O–H groups in total. The molecule has 2 aromatic rings. The topological polar surface area (TPSA) is 60.7 Å². The minimum absolute atomic E-state index is 0.0391. The number of carbonyl (C=O) groups is 1. The van der Waals surface area contributed by atoms with Gasteiger partial charge in [0, 0.05) is 17.6 Å². The highest BCUT2D eigenvalue weighted by molar-refractivity contribution is 7.03. The summed E-state index contributed by atoms with van der Waals surface area (Å²) in [6, 6.07) is 2.17. The lowest BCUT2D eigenvalue weighted by Crippen LogP contribution is -2.07. The van der Waals surface area contributed by atoms with Crippen molar-refractivity contribution in [2.45, 2.75) is 26.3 Å². The SMILES string of the molecule is CC(C)n1ccc(CC(=O)c2csnn2)n1. The monoisotopic (exact) mass is 236 g/mol.